The van der Waals surface area contributed by atoms with Crippen LogP contribution in [0.4, 0.5) is 5.69 Å². The van der Waals surface area contributed by atoms with Crippen molar-refractivity contribution in [2.75, 3.05) is 6.26 Å². The first-order valence-electron chi connectivity index (χ1n) is 6.01. The molecule has 0 bridgehead atoms. The molecule has 0 aliphatic heterocycles. The molecule has 1 heterocycles. The fourth-order valence-corrected chi connectivity index (χ4v) is 3.10. The van der Waals surface area contributed by atoms with Crippen LogP contribution >= 0.6 is 35.3 Å². The number of thiocarbonyl (C=S) groups is 1. The maximum Gasteiger partial charge on any atom is 0.195 e. The van der Waals surface area contributed by atoms with E-state index in [0.717, 1.165) is 14.8 Å². The normalized spacial score (nSPS) is 12.1. The highest BCUT2D eigenvalue weighted by Crippen LogP contribution is 2.25. The molecule has 0 aliphatic carbocycles. The fraction of sp³-hybridized carbons (Fsp3) is 0.286. The van der Waals surface area contributed by atoms with Gasteiger partial charge in [0.1, 0.15) is 4.32 Å². The van der Waals surface area contributed by atoms with Gasteiger partial charge < -0.3 is 0 Å². The smallest absolute Gasteiger partial charge is 0.195 e. The van der Waals surface area contributed by atoms with Crippen molar-refractivity contribution in [3.05, 3.63) is 46.2 Å². The number of para-hydroxylation sites is 1. The van der Waals surface area contributed by atoms with Gasteiger partial charge in [-0.25, -0.2) is 4.99 Å². The lowest BCUT2D eigenvalue weighted by Gasteiger charge is -2.08. The monoisotopic (exact) mass is 308 g/mol. The molecule has 0 spiro atoms. The lowest BCUT2D eigenvalue weighted by Crippen LogP contribution is -2.18. The minimum Gasteiger partial charge on any atom is -0.277 e. The quantitative estimate of drug-likeness (QED) is 0.765. The van der Waals surface area contributed by atoms with Crippen LogP contribution in [-0.4, -0.2) is 15.1 Å². The number of thiazole rings is 1. The SMILES string of the molecule is CSC(=S)n1ccsc1=Nc1ccccc1C(C)C. The van der Waals surface area contributed by atoms with Crippen molar-refractivity contribution < 1.29 is 0 Å². The van der Waals surface area contributed by atoms with Crippen LogP contribution in [0.5, 0.6) is 0 Å². The molecule has 0 saturated carbocycles. The van der Waals surface area contributed by atoms with Gasteiger partial charge in [0.2, 0.25) is 0 Å². The van der Waals surface area contributed by atoms with E-state index < -0.39 is 0 Å². The maximum atomic E-state index is 5.34. The highest BCUT2D eigenvalue weighted by Gasteiger charge is 2.06. The molecule has 5 heteroatoms. The predicted octanol–water partition coefficient (Wildman–Crippen LogP) is 4.40. The van der Waals surface area contributed by atoms with Crippen molar-refractivity contribution in [1.82, 2.24) is 4.57 Å². The minimum atomic E-state index is 0.459. The summed E-state index contributed by atoms with van der Waals surface area (Å²) in [6, 6.07) is 8.27. The van der Waals surface area contributed by atoms with E-state index in [0.29, 0.717) is 5.92 Å². The average molecular weight is 308 g/mol. The Balaban J connectivity index is 2.53. The zero-order chi connectivity index (χ0) is 13.8. The maximum absolute atomic E-state index is 5.34. The molecule has 0 amide bonds. The van der Waals surface area contributed by atoms with Crippen LogP contribution in [-0.2, 0) is 0 Å². The van der Waals surface area contributed by atoms with Crippen LogP contribution in [0, 0.1) is 0 Å². The van der Waals surface area contributed by atoms with Crippen LogP contribution < -0.4 is 4.80 Å². The van der Waals surface area contributed by atoms with Gasteiger partial charge in [0.25, 0.3) is 0 Å². The zero-order valence-corrected chi connectivity index (χ0v) is 13.6. The van der Waals surface area contributed by atoms with Gasteiger partial charge in [-0.2, -0.15) is 0 Å². The van der Waals surface area contributed by atoms with Gasteiger partial charge in [-0.15, -0.1) is 11.3 Å². The second-order valence-electron chi connectivity index (χ2n) is 4.35. The van der Waals surface area contributed by atoms with Crippen molar-refractivity contribution >= 4 is 45.3 Å². The molecular weight excluding hydrogens is 292 g/mol. The second kappa shape index (κ2) is 6.50. The topological polar surface area (TPSA) is 17.3 Å². The van der Waals surface area contributed by atoms with E-state index in [-0.39, 0.29) is 0 Å². The predicted molar refractivity (Wildman–Crippen MR) is 89.6 cm³/mol. The highest BCUT2D eigenvalue weighted by atomic mass is 32.2. The van der Waals surface area contributed by atoms with Crippen molar-refractivity contribution in [3.63, 3.8) is 0 Å². The highest BCUT2D eigenvalue weighted by molar-refractivity contribution is 8.22. The third kappa shape index (κ3) is 3.35. The third-order valence-corrected chi connectivity index (χ3v) is 4.73. The number of thioether (sulfide) groups is 1. The van der Waals surface area contributed by atoms with Gasteiger partial charge in [0, 0.05) is 11.6 Å². The van der Waals surface area contributed by atoms with Gasteiger partial charge >= 0.3 is 0 Å². The Labute approximate surface area is 127 Å². The molecule has 19 heavy (non-hydrogen) atoms. The molecule has 0 atom stereocenters. The first kappa shape index (κ1) is 14.5. The van der Waals surface area contributed by atoms with Crippen LogP contribution in [0.3, 0.4) is 0 Å². The van der Waals surface area contributed by atoms with Gasteiger partial charge in [-0.3, -0.25) is 4.57 Å². The van der Waals surface area contributed by atoms with Gasteiger partial charge in [-0.1, -0.05) is 56.0 Å². The third-order valence-electron chi connectivity index (χ3n) is 2.74. The summed E-state index contributed by atoms with van der Waals surface area (Å²) >= 11 is 8.50. The first-order chi connectivity index (χ1) is 9.13. The summed E-state index contributed by atoms with van der Waals surface area (Å²) in [6.07, 6.45) is 3.96. The summed E-state index contributed by atoms with van der Waals surface area (Å²) in [5, 5.41) is 2.01. The Hall–Kier alpha value is -0.910. The van der Waals surface area contributed by atoms with E-state index in [1.54, 1.807) is 23.1 Å². The van der Waals surface area contributed by atoms with E-state index in [1.165, 1.54) is 5.56 Å². The van der Waals surface area contributed by atoms with Crippen LogP contribution in [0.25, 0.3) is 0 Å². The number of benzene rings is 1. The molecule has 2 nitrogen and oxygen atoms in total. The largest absolute Gasteiger partial charge is 0.277 e. The van der Waals surface area contributed by atoms with E-state index in [2.05, 4.69) is 32.0 Å². The number of hydrogen-bond acceptors (Lipinski definition) is 4. The summed E-state index contributed by atoms with van der Waals surface area (Å²) in [7, 11) is 0. The minimum absolute atomic E-state index is 0.459. The molecule has 0 aliphatic rings. The molecule has 2 rings (SSSR count). The second-order valence-corrected chi connectivity index (χ2v) is 6.66. The van der Waals surface area contributed by atoms with Crippen LogP contribution in [0.2, 0.25) is 0 Å². The molecule has 0 N–H and O–H groups in total. The number of nitrogens with zero attached hydrogens (tertiary/aromatic N) is 2. The Morgan fingerprint density at radius 3 is 2.79 bits per heavy atom. The van der Waals surface area contributed by atoms with Crippen molar-refractivity contribution in [3.8, 4) is 0 Å². The summed E-state index contributed by atoms with van der Waals surface area (Å²) in [5.41, 5.74) is 2.29. The van der Waals surface area contributed by atoms with Gasteiger partial charge in [-0.05, 0) is 23.8 Å². The average Bonchev–Trinajstić information content (AvgIpc) is 2.86. The standard InChI is InChI=1S/C14H16N2S3/c1-10(2)11-6-4-5-7-12(11)15-13-16(8-9-19-13)14(17)18-3/h4-10H,1-3H3. The van der Waals surface area contributed by atoms with E-state index in [4.69, 9.17) is 17.2 Å². The summed E-state index contributed by atoms with van der Waals surface area (Å²) in [5.74, 6) is 0.459. The molecule has 1 aromatic carbocycles. The van der Waals surface area contributed by atoms with Crippen LogP contribution in [0.15, 0.2) is 40.8 Å². The summed E-state index contributed by atoms with van der Waals surface area (Å²) in [4.78, 5) is 5.70. The fourth-order valence-electron chi connectivity index (χ4n) is 1.77. The Morgan fingerprint density at radius 1 is 1.37 bits per heavy atom. The molecular formula is C14H16N2S3. The van der Waals surface area contributed by atoms with E-state index in [1.807, 2.05) is 28.5 Å². The number of aromatic nitrogens is 1. The molecule has 100 valence electrons. The molecule has 0 saturated heterocycles. The first-order valence-corrected chi connectivity index (χ1v) is 8.53. The Kier molecular flexibility index (Phi) is 4.96. The van der Waals surface area contributed by atoms with Crippen molar-refractivity contribution in [1.29, 1.82) is 0 Å². The van der Waals surface area contributed by atoms with Crippen molar-refractivity contribution in [2.45, 2.75) is 19.8 Å². The van der Waals surface area contributed by atoms with Gasteiger partial charge in [0.05, 0.1) is 5.69 Å². The lowest BCUT2D eigenvalue weighted by molar-refractivity contribution is 0.864. The van der Waals surface area contributed by atoms with Crippen LogP contribution in [0.1, 0.15) is 25.3 Å². The van der Waals surface area contributed by atoms with Crippen molar-refractivity contribution in [2.24, 2.45) is 4.99 Å². The molecule has 0 fully saturated rings. The van der Waals surface area contributed by atoms with E-state index >= 15 is 0 Å². The summed E-state index contributed by atoms with van der Waals surface area (Å²) in [6.45, 7) is 4.37. The number of hydrogen-bond donors (Lipinski definition) is 0. The van der Waals surface area contributed by atoms with E-state index in [9.17, 15) is 0 Å². The van der Waals surface area contributed by atoms with Gasteiger partial charge in [0.15, 0.2) is 4.80 Å². The zero-order valence-electron chi connectivity index (χ0n) is 11.2. The molecule has 0 radical (unpaired) electrons. The Bertz CT molecular complexity index is 638. The number of rotatable bonds is 2. The Morgan fingerprint density at radius 2 is 2.11 bits per heavy atom. The molecule has 2 aromatic rings. The molecule has 1 aromatic heterocycles. The lowest BCUT2D eigenvalue weighted by atomic mass is 10.0. The molecule has 0 unspecified atom stereocenters. The summed E-state index contributed by atoms with van der Waals surface area (Å²) < 4.78 is 2.78.